The van der Waals surface area contributed by atoms with Crippen LogP contribution in [0.3, 0.4) is 0 Å². The molecule has 8 rings (SSSR count). The van der Waals surface area contributed by atoms with Crippen LogP contribution in [-0.4, -0.2) is 44.7 Å². The number of para-hydroxylation sites is 1. The van der Waals surface area contributed by atoms with Crippen molar-refractivity contribution in [2.75, 3.05) is 22.5 Å². The third kappa shape index (κ3) is 14.7. The molecule has 4 amide bonds. The fourth-order valence-electron chi connectivity index (χ4n) is 6.86. The molecule has 0 saturated heterocycles. The number of nitrogens with one attached hydrogen (secondary N) is 4. The number of phenolic OH excluding ortho intramolecular Hbond substituents is 3. The van der Waals surface area contributed by atoms with Crippen molar-refractivity contribution in [3.8, 4) is 38.9 Å². The van der Waals surface area contributed by atoms with Crippen LogP contribution in [0, 0.1) is 13.8 Å². The van der Waals surface area contributed by atoms with Crippen molar-refractivity contribution in [2.24, 2.45) is 0 Å². The quantitative estimate of drug-likeness (QED) is 0.0445. The lowest BCUT2D eigenvalue weighted by atomic mass is 10.0. The predicted molar refractivity (Wildman–Crippen MR) is 287 cm³/mol. The van der Waals surface area contributed by atoms with Crippen molar-refractivity contribution >= 4 is 91.3 Å². The summed E-state index contributed by atoms with van der Waals surface area (Å²) in [5.74, 6) is -0.784. The molecule has 0 saturated carbocycles. The summed E-state index contributed by atoms with van der Waals surface area (Å²) in [5.41, 5.74) is 7.71. The highest BCUT2D eigenvalue weighted by Crippen LogP contribution is 2.40. The van der Waals surface area contributed by atoms with Gasteiger partial charge in [-0.2, -0.15) is 0 Å². The average Bonchev–Trinajstić information content (AvgIpc) is 3.81. The number of nitrogens with zero attached hydrogens (tertiary/aromatic N) is 1. The SMILES string of the molecule is CCCCCNC(=O)Nc1ccc(C)cc1O.Cc1c(Cl)cc(NC(=O)c2ccc(-c3ccccc3)cc2)c(O)c1Cl.O=C(CCc1ccccc1)Nc1cc(-c2nc3ccccc3s2)cc(Cl)c1O. The van der Waals surface area contributed by atoms with Crippen molar-refractivity contribution in [1.29, 1.82) is 0 Å². The zero-order chi connectivity index (χ0) is 50.2. The number of carbonyl (C=O) groups excluding carboxylic acids is 3. The largest absolute Gasteiger partial charge is 0.506 e. The molecule has 7 N–H and O–H groups in total. The number of halogens is 3. The van der Waals surface area contributed by atoms with Gasteiger partial charge in [-0.05, 0) is 109 Å². The Balaban J connectivity index is 0.000000178. The third-order valence-electron chi connectivity index (χ3n) is 10.8. The van der Waals surface area contributed by atoms with E-state index in [-0.39, 0.29) is 50.8 Å². The maximum atomic E-state index is 12.4. The Hall–Kier alpha value is -7.09. The Morgan fingerprint density at radius 3 is 1.97 bits per heavy atom. The molecule has 15 heteroatoms. The number of fused-ring (bicyclic) bond motifs is 1. The van der Waals surface area contributed by atoms with E-state index in [1.54, 1.807) is 43.3 Å². The van der Waals surface area contributed by atoms with Crippen molar-refractivity contribution in [3.05, 3.63) is 183 Å². The van der Waals surface area contributed by atoms with E-state index < -0.39 is 0 Å². The van der Waals surface area contributed by atoms with Crippen molar-refractivity contribution in [2.45, 2.75) is 52.9 Å². The van der Waals surface area contributed by atoms with Gasteiger partial charge in [0, 0.05) is 29.1 Å². The second-order valence-electron chi connectivity index (χ2n) is 16.1. The molecule has 0 radical (unpaired) electrons. The van der Waals surface area contributed by atoms with Crippen molar-refractivity contribution < 1.29 is 29.7 Å². The molecule has 0 aliphatic heterocycles. The highest BCUT2D eigenvalue weighted by Gasteiger charge is 2.17. The van der Waals surface area contributed by atoms with E-state index in [1.807, 2.05) is 110 Å². The maximum Gasteiger partial charge on any atom is 0.319 e. The van der Waals surface area contributed by atoms with Gasteiger partial charge in [-0.3, -0.25) is 9.59 Å². The summed E-state index contributed by atoms with van der Waals surface area (Å²) in [7, 11) is 0. The fourth-order valence-corrected chi connectivity index (χ4v) is 8.49. The van der Waals surface area contributed by atoms with E-state index in [2.05, 4.69) is 33.2 Å². The lowest BCUT2D eigenvalue weighted by Gasteiger charge is -2.12. The number of aromatic hydroxyl groups is 3. The van der Waals surface area contributed by atoms with Gasteiger partial charge in [0.05, 0.1) is 37.3 Å². The number of hydrogen-bond donors (Lipinski definition) is 7. The summed E-state index contributed by atoms with van der Waals surface area (Å²) in [6.07, 6.45) is 4.15. The van der Waals surface area contributed by atoms with E-state index in [0.717, 1.165) is 62.3 Å². The lowest BCUT2D eigenvalue weighted by molar-refractivity contribution is -0.116. The molecule has 8 aromatic rings. The summed E-state index contributed by atoms with van der Waals surface area (Å²) < 4.78 is 1.06. The number of amides is 4. The molecule has 11 nitrogen and oxygen atoms in total. The molecule has 0 spiro atoms. The summed E-state index contributed by atoms with van der Waals surface area (Å²) >= 11 is 19.8. The Morgan fingerprint density at radius 1 is 0.629 bits per heavy atom. The number of phenols is 3. The number of aromatic nitrogens is 1. The van der Waals surface area contributed by atoms with Gasteiger partial charge in [0.25, 0.3) is 5.91 Å². The predicted octanol–water partition coefficient (Wildman–Crippen LogP) is 14.8. The average molecular weight is 1020 g/mol. The van der Waals surface area contributed by atoms with E-state index in [9.17, 15) is 29.7 Å². The van der Waals surface area contributed by atoms with E-state index >= 15 is 0 Å². The minimum Gasteiger partial charge on any atom is -0.506 e. The number of urea groups is 1. The second kappa shape index (κ2) is 25.5. The molecular formula is C55H52Cl3N5O6S. The van der Waals surface area contributed by atoms with Gasteiger partial charge in [0.1, 0.15) is 10.8 Å². The minimum absolute atomic E-state index is 0.0914. The molecule has 0 unspecified atom stereocenters. The molecule has 1 heterocycles. The Kier molecular flexibility index (Phi) is 19.0. The van der Waals surface area contributed by atoms with E-state index in [0.29, 0.717) is 46.9 Å². The molecule has 0 atom stereocenters. The van der Waals surface area contributed by atoms with Crippen LogP contribution >= 0.6 is 46.1 Å². The van der Waals surface area contributed by atoms with Crippen molar-refractivity contribution in [1.82, 2.24) is 10.3 Å². The lowest BCUT2D eigenvalue weighted by Crippen LogP contribution is -2.29. The molecule has 7 aromatic carbocycles. The standard InChI is InChI=1S/C22H17ClN2O2S.C20H15Cl2NO2.C13H20N2O2/c23-16-12-15(22-25-17-8-4-5-9-19(17)28-22)13-18(21(16)27)24-20(26)11-10-14-6-2-1-3-7-14;1-12-16(21)11-17(19(24)18(12)22)23-20(25)15-9-7-14(8-10-15)13-5-3-2-4-6-13;1-3-4-5-8-14-13(17)15-11-7-6-10(2)9-12(11)16/h1-9,12-13,27H,10-11H2,(H,24,26);2-11,24H,1H3,(H,23,25);6-7,9,16H,3-5,8H2,1-2H3,(H2,14,15,17). The number of hydrogen-bond acceptors (Lipinski definition) is 8. The molecule has 0 fully saturated rings. The zero-order valence-corrected chi connectivity index (χ0v) is 41.7. The monoisotopic (exact) mass is 1020 g/mol. The number of thiazole rings is 1. The number of anilines is 3. The number of aryl methyl sites for hydroxylation is 2. The second-order valence-corrected chi connectivity index (χ2v) is 18.3. The molecule has 0 aliphatic rings. The van der Waals surface area contributed by atoms with Gasteiger partial charge in [-0.15, -0.1) is 11.3 Å². The number of carbonyl (C=O) groups is 3. The topological polar surface area (TPSA) is 173 Å². The number of benzene rings is 7. The molecule has 70 heavy (non-hydrogen) atoms. The normalized spacial score (nSPS) is 10.5. The van der Waals surface area contributed by atoms with Crippen LogP contribution in [-0.2, 0) is 11.2 Å². The zero-order valence-electron chi connectivity index (χ0n) is 38.7. The van der Waals surface area contributed by atoms with E-state index in [1.165, 1.54) is 17.4 Å². The first-order valence-corrected chi connectivity index (χ1v) is 24.4. The molecule has 0 bridgehead atoms. The molecular weight excluding hydrogens is 965 g/mol. The van der Waals surface area contributed by atoms with E-state index in [4.69, 9.17) is 34.8 Å². The first-order chi connectivity index (χ1) is 33.7. The molecule has 1 aromatic heterocycles. The van der Waals surface area contributed by atoms with Crippen LogP contribution < -0.4 is 21.3 Å². The van der Waals surface area contributed by atoms with Gasteiger partial charge in [0.2, 0.25) is 5.91 Å². The van der Waals surface area contributed by atoms with Gasteiger partial charge in [-0.25, -0.2) is 9.78 Å². The van der Waals surface area contributed by atoms with Crippen LogP contribution in [0.5, 0.6) is 17.2 Å². The summed E-state index contributed by atoms with van der Waals surface area (Å²) in [5, 5.41) is 42.2. The van der Waals surface area contributed by atoms with Gasteiger partial charge >= 0.3 is 6.03 Å². The molecule has 0 aliphatic carbocycles. The summed E-state index contributed by atoms with van der Waals surface area (Å²) in [6.45, 7) is 6.35. The highest BCUT2D eigenvalue weighted by atomic mass is 35.5. The Morgan fingerprint density at radius 2 is 1.29 bits per heavy atom. The van der Waals surface area contributed by atoms with Crippen LogP contribution in [0.25, 0.3) is 31.9 Å². The van der Waals surface area contributed by atoms with Gasteiger partial charge in [-0.1, -0.05) is 146 Å². The fraction of sp³-hybridized carbons (Fsp3) is 0.164. The van der Waals surface area contributed by atoms with Gasteiger partial charge < -0.3 is 36.6 Å². The summed E-state index contributed by atoms with van der Waals surface area (Å²) in [6, 6.07) is 44.5. The Bertz CT molecular complexity index is 3030. The van der Waals surface area contributed by atoms with Crippen LogP contribution in [0.1, 0.15) is 59.7 Å². The Labute approximate surface area is 426 Å². The third-order valence-corrected chi connectivity index (χ3v) is 13.0. The van der Waals surface area contributed by atoms with Crippen LogP contribution in [0.2, 0.25) is 15.1 Å². The highest BCUT2D eigenvalue weighted by molar-refractivity contribution is 7.21. The first kappa shape index (κ1) is 52.3. The first-order valence-electron chi connectivity index (χ1n) is 22.4. The van der Waals surface area contributed by atoms with Crippen LogP contribution in [0.4, 0.5) is 21.9 Å². The van der Waals surface area contributed by atoms with Crippen molar-refractivity contribution in [3.63, 3.8) is 0 Å². The van der Waals surface area contributed by atoms with Gasteiger partial charge in [0.15, 0.2) is 11.5 Å². The minimum atomic E-state index is -0.356. The smallest absolute Gasteiger partial charge is 0.319 e. The molecule has 360 valence electrons. The van der Waals surface area contributed by atoms with Crippen LogP contribution in [0.15, 0.2) is 146 Å². The maximum absolute atomic E-state index is 12.4. The summed E-state index contributed by atoms with van der Waals surface area (Å²) in [4.78, 5) is 40.9. The number of rotatable bonds is 13. The number of unbranched alkanes of at least 4 members (excludes halogenated alkanes) is 2.